The summed E-state index contributed by atoms with van der Waals surface area (Å²) in [6.07, 6.45) is 0. The third-order valence-corrected chi connectivity index (χ3v) is 2.47. The summed E-state index contributed by atoms with van der Waals surface area (Å²) in [6.45, 7) is 1.24. The van der Waals surface area contributed by atoms with Crippen molar-refractivity contribution >= 4 is 16.7 Å². The van der Waals surface area contributed by atoms with Crippen LogP contribution in [-0.2, 0) is 4.79 Å². The highest BCUT2D eigenvalue weighted by molar-refractivity contribution is 5.96. The minimum absolute atomic E-state index is 0.122. The van der Waals surface area contributed by atoms with Gasteiger partial charge in [-0.3, -0.25) is 4.79 Å². The highest BCUT2D eigenvalue weighted by atomic mass is 19.1. The number of benzene rings is 2. The Balaban J connectivity index is 2.77. The van der Waals surface area contributed by atoms with E-state index in [1.807, 2.05) is 0 Å². The van der Waals surface area contributed by atoms with Crippen LogP contribution in [0.15, 0.2) is 24.3 Å². The van der Waals surface area contributed by atoms with E-state index in [0.29, 0.717) is 10.8 Å². The zero-order chi connectivity index (χ0) is 13.3. The first kappa shape index (κ1) is 12.2. The number of phenols is 1. The summed E-state index contributed by atoms with van der Waals surface area (Å²) in [5, 5.41) is 10.6. The van der Waals surface area contributed by atoms with Gasteiger partial charge in [0.05, 0.1) is 7.11 Å². The maximum atomic E-state index is 13.2. The van der Waals surface area contributed by atoms with E-state index in [1.165, 1.54) is 38.3 Å². The summed E-state index contributed by atoms with van der Waals surface area (Å²) in [6, 6.07) is 5.14. The lowest BCUT2D eigenvalue weighted by Gasteiger charge is -2.11. The van der Waals surface area contributed by atoms with Gasteiger partial charge in [-0.1, -0.05) is 0 Å². The Morgan fingerprint density at radius 1 is 1.22 bits per heavy atom. The van der Waals surface area contributed by atoms with Crippen molar-refractivity contribution in [3.8, 4) is 17.2 Å². The Hall–Kier alpha value is -2.30. The number of hydrogen-bond donors (Lipinski definition) is 1. The molecule has 18 heavy (non-hydrogen) atoms. The van der Waals surface area contributed by atoms with Crippen LogP contribution in [0.1, 0.15) is 6.92 Å². The summed E-state index contributed by atoms with van der Waals surface area (Å²) >= 11 is 0. The molecule has 0 amide bonds. The third kappa shape index (κ3) is 2.07. The predicted molar refractivity (Wildman–Crippen MR) is 63.4 cm³/mol. The van der Waals surface area contributed by atoms with Gasteiger partial charge in [0, 0.05) is 23.8 Å². The van der Waals surface area contributed by atoms with Gasteiger partial charge in [0.15, 0.2) is 11.5 Å². The smallest absolute Gasteiger partial charge is 0.308 e. The molecule has 2 aromatic rings. The number of carbonyl (C=O) groups excluding carboxylic acids is 1. The number of ether oxygens (including phenoxy) is 2. The molecular weight excluding hydrogens is 239 g/mol. The van der Waals surface area contributed by atoms with E-state index in [1.54, 1.807) is 0 Å². The molecule has 0 fully saturated rings. The average molecular weight is 250 g/mol. The fourth-order valence-electron chi connectivity index (χ4n) is 1.72. The van der Waals surface area contributed by atoms with Crippen LogP contribution in [0.3, 0.4) is 0 Å². The van der Waals surface area contributed by atoms with Gasteiger partial charge in [0.2, 0.25) is 0 Å². The van der Waals surface area contributed by atoms with E-state index in [-0.39, 0.29) is 17.2 Å². The Morgan fingerprint density at radius 3 is 2.56 bits per heavy atom. The second-order valence-corrected chi connectivity index (χ2v) is 3.71. The molecule has 2 rings (SSSR count). The van der Waals surface area contributed by atoms with Gasteiger partial charge < -0.3 is 14.6 Å². The molecule has 0 aliphatic carbocycles. The van der Waals surface area contributed by atoms with Crippen LogP contribution >= 0.6 is 0 Å². The van der Waals surface area contributed by atoms with Crippen molar-refractivity contribution in [3.05, 3.63) is 30.1 Å². The zero-order valence-corrected chi connectivity index (χ0v) is 9.86. The number of carbonyl (C=O) groups is 1. The summed E-state index contributed by atoms with van der Waals surface area (Å²) < 4.78 is 23.2. The molecule has 0 heterocycles. The summed E-state index contributed by atoms with van der Waals surface area (Å²) in [4.78, 5) is 11.0. The predicted octanol–water partition coefficient (Wildman–Crippen LogP) is 2.62. The van der Waals surface area contributed by atoms with E-state index >= 15 is 0 Å². The van der Waals surface area contributed by atoms with Crippen molar-refractivity contribution < 1.29 is 23.8 Å². The molecule has 1 N–H and O–H groups in total. The van der Waals surface area contributed by atoms with E-state index in [2.05, 4.69) is 0 Å². The lowest BCUT2D eigenvalue weighted by molar-refractivity contribution is -0.131. The number of esters is 1. The zero-order valence-electron chi connectivity index (χ0n) is 9.86. The van der Waals surface area contributed by atoms with Gasteiger partial charge in [-0.25, -0.2) is 4.39 Å². The number of hydrogen-bond acceptors (Lipinski definition) is 4. The van der Waals surface area contributed by atoms with E-state index < -0.39 is 11.8 Å². The Morgan fingerprint density at radius 2 is 1.94 bits per heavy atom. The van der Waals surface area contributed by atoms with Crippen LogP contribution < -0.4 is 9.47 Å². The molecule has 0 aromatic heterocycles. The number of halogens is 1. The van der Waals surface area contributed by atoms with Crippen LogP contribution in [0, 0.1) is 5.82 Å². The summed E-state index contributed by atoms with van der Waals surface area (Å²) in [5.74, 6) is -0.839. The van der Waals surface area contributed by atoms with Crippen LogP contribution in [0.2, 0.25) is 0 Å². The number of phenolic OH excluding ortho intramolecular Hbond substituents is 1. The van der Waals surface area contributed by atoms with Crippen molar-refractivity contribution in [2.24, 2.45) is 0 Å². The highest BCUT2D eigenvalue weighted by Gasteiger charge is 2.14. The second kappa shape index (κ2) is 4.52. The van der Waals surface area contributed by atoms with E-state index in [4.69, 9.17) is 9.47 Å². The van der Waals surface area contributed by atoms with E-state index in [9.17, 15) is 14.3 Å². The van der Waals surface area contributed by atoms with Crippen molar-refractivity contribution in [2.45, 2.75) is 6.92 Å². The number of aromatic hydroxyl groups is 1. The number of rotatable bonds is 2. The number of methoxy groups -OCH3 is 1. The van der Waals surface area contributed by atoms with Gasteiger partial charge in [-0.05, 0) is 18.2 Å². The first-order chi connectivity index (χ1) is 8.52. The molecule has 0 atom stereocenters. The fraction of sp³-hybridized carbons (Fsp3) is 0.154. The highest BCUT2D eigenvalue weighted by Crippen LogP contribution is 2.40. The van der Waals surface area contributed by atoms with Gasteiger partial charge in [0.1, 0.15) is 11.6 Å². The molecule has 0 radical (unpaired) electrons. The van der Waals surface area contributed by atoms with Crippen LogP contribution in [0.25, 0.3) is 10.8 Å². The minimum atomic E-state index is -0.534. The molecule has 4 nitrogen and oxygen atoms in total. The Labute approximate surface area is 103 Å². The lowest BCUT2D eigenvalue weighted by Crippen LogP contribution is -2.02. The fourth-order valence-corrected chi connectivity index (χ4v) is 1.72. The quantitative estimate of drug-likeness (QED) is 0.657. The first-order valence-electron chi connectivity index (χ1n) is 5.20. The SMILES string of the molecule is COc1cc(OC(C)=O)c2cc(F)ccc2c1O. The molecule has 0 spiro atoms. The molecule has 0 aliphatic rings. The number of fused-ring (bicyclic) bond motifs is 1. The Kier molecular flexibility index (Phi) is 3.06. The molecule has 0 aliphatic heterocycles. The summed E-state index contributed by atoms with van der Waals surface area (Å²) in [7, 11) is 1.38. The maximum Gasteiger partial charge on any atom is 0.308 e. The molecule has 2 aromatic carbocycles. The molecule has 0 saturated carbocycles. The van der Waals surface area contributed by atoms with Crippen molar-refractivity contribution in [1.29, 1.82) is 0 Å². The normalized spacial score (nSPS) is 10.4. The van der Waals surface area contributed by atoms with Gasteiger partial charge in [-0.15, -0.1) is 0 Å². The van der Waals surface area contributed by atoms with Crippen molar-refractivity contribution in [1.82, 2.24) is 0 Å². The molecule has 0 unspecified atom stereocenters. The minimum Gasteiger partial charge on any atom is -0.504 e. The largest absolute Gasteiger partial charge is 0.504 e. The molecular formula is C13H11FO4. The van der Waals surface area contributed by atoms with Gasteiger partial charge in [-0.2, -0.15) is 0 Å². The van der Waals surface area contributed by atoms with Gasteiger partial charge >= 0.3 is 5.97 Å². The second-order valence-electron chi connectivity index (χ2n) is 3.71. The van der Waals surface area contributed by atoms with Crippen LogP contribution in [-0.4, -0.2) is 18.2 Å². The summed E-state index contributed by atoms with van der Waals surface area (Å²) in [5.41, 5.74) is 0. The monoisotopic (exact) mass is 250 g/mol. The molecule has 5 heteroatoms. The molecule has 94 valence electrons. The van der Waals surface area contributed by atoms with Crippen molar-refractivity contribution in [2.75, 3.05) is 7.11 Å². The standard InChI is InChI=1S/C13H11FO4/c1-7(15)18-11-6-12(17-2)13(16)9-4-3-8(14)5-10(9)11/h3-6,16H,1-2H3. The average Bonchev–Trinajstić information content (AvgIpc) is 2.32. The topological polar surface area (TPSA) is 55.8 Å². The first-order valence-corrected chi connectivity index (χ1v) is 5.20. The molecule has 0 bridgehead atoms. The van der Waals surface area contributed by atoms with Crippen LogP contribution in [0.5, 0.6) is 17.2 Å². The van der Waals surface area contributed by atoms with Crippen molar-refractivity contribution in [3.63, 3.8) is 0 Å². The lowest BCUT2D eigenvalue weighted by atomic mass is 10.1. The third-order valence-electron chi connectivity index (χ3n) is 2.47. The van der Waals surface area contributed by atoms with E-state index in [0.717, 1.165) is 0 Å². The van der Waals surface area contributed by atoms with Gasteiger partial charge in [0.25, 0.3) is 0 Å². The Bertz CT molecular complexity index is 622. The molecule has 0 saturated heterocycles. The maximum absolute atomic E-state index is 13.2. The van der Waals surface area contributed by atoms with Crippen LogP contribution in [0.4, 0.5) is 4.39 Å².